The lowest BCUT2D eigenvalue weighted by Crippen LogP contribution is -2.29. The van der Waals surface area contributed by atoms with Crippen molar-refractivity contribution < 1.29 is 14.7 Å². The first-order valence-corrected chi connectivity index (χ1v) is 6.15. The van der Waals surface area contributed by atoms with Gasteiger partial charge in [-0.25, -0.2) is 4.79 Å². The van der Waals surface area contributed by atoms with Crippen LogP contribution in [0.25, 0.3) is 0 Å². The zero-order valence-electron chi connectivity index (χ0n) is 10.6. The van der Waals surface area contributed by atoms with E-state index in [4.69, 9.17) is 5.11 Å². The lowest BCUT2D eigenvalue weighted by atomic mass is 10.1. The molecular weight excluding hydrogens is 230 g/mol. The van der Waals surface area contributed by atoms with Crippen LogP contribution in [0.4, 0.5) is 5.69 Å². The van der Waals surface area contributed by atoms with Gasteiger partial charge in [-0.2, -0.15) is 0 Å². The van der Waals surface area contributed by atoms with E-state index in [9.17, 15) is 9.59 Å². The lowest BCUT2D eigenvalue weighted by Gasteiger charge is -2.18. The van der Waals surface area contributed by atoms with Crippen LogP contribution in [0.5, 0.6) is 0 Å². The Morgan fingerprint density at radius 1 is 1.39 bits per heavy atom. The smallest absolute Gasteiger partial charge is 0.335 e. The van der Waals surface area contributed by atoms with Gasteiger partial charge >= 0.3 is 5.97 Å². The Kier molecular flexibility index (Phi) is 3.36. The third-order valence-corrected chi connectivity index (χ3v) is 3.11. The molecule has 0 radical (unpaired) electrons. The molecular formula is C14H17NO3. The van der Waals surface area contributed by atoms with Crippen molar-refractivity contribution in [2.45, 2.75) is 26.7 Å². The average molecular weight is 247 g/mol. The highest BCUT2D eigenvalue weighted by atomic mass is 16.4. The van der Waals surface area contributed by atoms with Crippen molar-refractivity contribution in [1.82, 2.24) is 0 Å². The molecule has 1 amide bonds. The van der Waals surface area contributed by atoms with Crippen LogP contribution in [0.15, 0.2) is 18.2 Å². The Bertz CT molecular complexity index is 494. The summed E-state index contributed by atoms with van der Waals surface area (Å²) in [6.07, 6.45) is 1.30. The molecule has 0 fully saturated rings. The predicted molar refractivity (Wildman–Crippen MR) is 68.9 cm³/mol. The number of rotatable bonds is 3. The number of carbonyl (C=O) groups excluding carboxylic acids is 1. The maximum Gasteiger partial charge on any atom is 0.335 e. The van der Waals surface area contributed by atoms with Gasteiger partial charge in [-0.1, -0.05) is 19.9 Å². The number of aromatic carboxylic acids is 1. The van der Waals surface area contributed by atoms with Crippen LogP contribution in [-0.2, 0) is 11.2 Å². The highest BCUT2D eigenvalue weighted by Crippen LogP contribution is 2.30. The molecule has 4 nitrogen and oxygen atoms in total. The second-order valence-corrected chi connectivity index (χ2v) is 5.04. The molecule has 0 spiro atoms. The highest BCUT2D eigenvalue weighted by molar-refractivity contribution is 5.97. The van der Waals surface area contributed by atoms with Gasteiger partial charge in [0.1, 0.15) is 0 Å². The number of carboxylic acids is 1. The molecule has 18 heavy (non-hydrogen) atoms. The number of benzene rings is 1. The lowest BCUT2D eigenvalue weighted by molar-refractivity contribution is -0.119. The van der Waals surface area contributed by atoms with E-state index in [1.54, 1.807) is 23.1 Å². The third kappa shape index (κ3) is 2.37. The molecule has 96 valence electrons. The van der Waals surface area contributed by atoms with Crippen molar-refractivity contribution in [3.63, 3.8) is 0 Å². The van der Waals surface area contributed by atoms with Crippen LogP contribution in [-0.4, -0.2) is 23.5 Å². The summed E-state index contributed by atoms with van der Waals surface area (Å²) in [7, 11) is 0. The van der Waals surface area contributed by atoms with Gasteiger partial charge in [0.25, 0.3) is 0 Å². The van der Waals surface area contributed by atoms with Gasteiger partial charge in [-0.05, 0) is 30.0 Å². The monoisotopic (exact) mass is 247 g/mol. The molecule has 1 aromatic rings. The van der Waals surface area contributed by atoms with Crippen molar-refractivity contribution in [3.05, 3.63) is 29.3 Å². The quantitative estimate of drug-likeness (QED) is 0.891. The summed E-state index contributed by atoms with van der Waals surface area (Å²) in [6.45, 7) is 4.66. The van der Waals surface area contributed by atoms with E-state index in [2.05, 4.69) is 0 Å². The van der Waals surface area contributed by atoms with Crippen molar-refractivity contribution in [1.29, 1.82) is 0 Å². The summed E-state index contributed by atoms with van der Waals surface area (Å²) in [4.78, 5) is 24.7. The molecule has 0 atom stereocenters. The standard InChI is InChI=1S/C14H17NO3/c1-9(2)7-13(16)15-6-5-10-3-4-11(14(17)18)8-12(10)15/h3-4,8-9H,5-7H2,1-2H3,(H,17,18). The number of carbonyl (C=O) groups is 2. The molecule has 2 rings (SSSR count). The molecule has 1 aromatic carbocycles. The Morgan fingerprint density at radius 3 is 2.72 bits per heavy atom. The summed E-state index contributed by atoms with van der Waals surface area (Å²) in [6, 6.07) is 5.00. The fourth-order valence-electron chi connectivity index (χ4n) is 2.23. The fourth-order valence-corrected chi connectivity index (χ4v) is 2.23. The van der Waals surface area contributed by atoms with Crippen molar-refractivity contribution in [2.75, 3.05) is 11.4 Å². The van der Waals surface area contributed by atoms with Gasteiger partial charge in [0.15, 0.2) is 0 Å². The molecule has 1 heterocycles. The molecule has 0 saturated carbocycles. The Hall–Kier alpha value is -1.84. The predicted octanol–water partition coefficient (Wildman–Crippen LogP) is 2.32. The Balaban J connectivity index is 2.28. The van der Waals surface area contributed by atoms with E-state index in [0.29, 0.717) is 18.9 Å². The second-order valence-electron chi connectivity index (χ2n) is 5.04. The number of nitrogens with zero attached hydrogens (tertiary/aromatic N) is 1. The zero-order chi connectivity index (χ0) is 13.3. The van der Waals surface area contributed by atoms with E-state index in [1.165, 1.54) is 0 Å². The van der Waals surface area contributed by atoms with Crippen LogP contribution in [0.1, 0.15) is 36.2 Å². The number of fused-ring (bicyclic) bond motifs is 1. The van der Waals surface area contributed by atoms with Crippen LogP contribution in [0, 0.1) is 5.92 Å². The largest absolute Gasteiger partial charge is 0.478 e. The molecule has 0 bridgehead atoms. The number of anilines is 1. The first-order valence-electron chi connectivity index (χ1n) is 6.15. The van der Waals surface area contributed by atoms with Crippen LogP contribution < -0.4 is 4.90 Å². The van der Waals surface area contributed by atoms with Crippen molar-refractivity contribution in [2.24, 2.45) is 5.92 Å². The third-order valence-electron chi connectivity index (χ3n) is 3.11. The van der Waals surface area contributed by atoms with E-state index in [-0.39, 0.29) is 11.5 Å². The van der Waals surface area contributed by atoms with Gasteiger partial charge in [-0.3, -0.25) is 4.79 Å². The molecule has 1 aliphatic heterocycles. The van der Waals surface area contributed by atoms with Crippen LogP contribution in [0.2, 0.25) is 0 Å². The fraction of sp³-hybridized carbons (Fsp3) is 0.429. The van der Waals surface area contributed by atoms with Gasteiger partial charge < -0.3 is 10.0 Å². The highest BCUT2D eigenvalue weighted by Gasteiger charge is 2.25. The van der Waals surface area contributed by atoms with Crippen molar-refractivity contribution in [3.8, 4) is 0 Å². The number of hydrogen-bond acceptors (Lipinski definition) is 2. The first-order chi connectivity index (χ1) is 8.49. The molecule has 0 aliphatic carbocycles. The summed E-state index contributed by atoms with van der Waals surface area (Å²) < 4.78 is 0. The van der Waals surface area contributed by atoms with Crippen LogP contribution in [0.3, 0.4) is 0 Å². The minimum Gasteiger partial charge on any atom is -0.478 e. The van der Waals surface area contributed by atoms with Crippen LogP contribution >= 0.6 is 0 Å². The summed E-state index contributed by atoms with van der Waals surface area (Å²) in [5.41, 5.74) is 2.05. The minimum absolute atomic E-state index is 0.0753. The second kappa shape index (κ2) is 4.80. The van der Waals surface area contributed by atoms with Crippen molar-refractivity contribution >= 4 is 17.6 Å². The van der Waals surface area contributed by atoms with Gasteiger partial charge in [-0.15, -0.1) is 0 Å². The van der Waals surface area contributed by atoms with E-state index < -0.39 is 5.97 Å². The maximum absolute atomic E-state index is 12.1. The van der Waals surface area contributed by atoms with E-state index in [0.717, 1.165) is 17.7 Å². The SMILES string of the molecule is CC(C)CC(=O)N1CCc2ccc(C(=O)O)cc21. The Labute approximate surface area is 106 Å². The first kappa shape index (κ1) is 12.6. The normalized spacial score (nSPS) is 13.8. The average Bonchev–Trinajstić information content (AvgIpc) is 2.70. The maximum atomic E-state index is 12.1. The molecule has 1 N–H and O–H groups in total. The molecule has 4 heteroatoms. The number of hydrogen-bond donors (Lipinski definition) is 1. The van der Waals surface area contributed by atoms with Gasteiger partial charge in [0, 0.05) is 18.7 Å². The van der Waals surface area contributed by atoms with Gasteiger partial charge in [0.2, 0.25) is 5.91 Å². The molecule has 0 aromatic heterocycles. The Morgan fingerprint density at radius 2 is 2.11 bits per heavy atom. The molecule has 1 aliphatic rings. The summed E-state index contributed by atoms with van der Waals surface area (Å²) in [5.74, 6) is -0.573. The zero-order valence-corrected chi connectivity index (χ0v) is 10.6. The van der Waals surface area contributed by atoms with Gasteiger partial charge in [0.05, 0.1) is 5.56 Å². The van der Waals surface area contributed by atoms with E-state index in [1.807, 2.05) is 13.8 Å². The molecule has 0 saturated heterocycles. The molecule has 0 unspecified atom stereocenters. The summed E-state index contributed by atoms with van der Waals surface area (Å²) >= 11 is 0. The topological polar surface area (TPSA) is 57.6 Å². The number of amides is 1. The minimum atomic E-state index is -0.957. The van der Waals surface area contributed by atoms with E-state index >= 15 is 0 Å². The summed E-state index contributed by atoms with van der Waals surface area (Å²) in [5, 5.41) is 8.98. The number of carboxylic acid groups (broad SMARTS) is 1.